The van der Waals surface area contributed by atoms with E-state index in [-0.39, 0.29) is 0 Å². The van der Waals surface area contributed by atoms with Gasteiger partial charge in [0.1, 0.15) is 17.3 Å². The van der Waals surface area contributed by atoms with Gasteiger partial charge in [-0.3, -0.25) is 0 Å². The monoisotopic (exact) mass is 401 g/mol. The van der Waals surface area contributed by atoms with Crippen molar-refractivity contribution in [1.82, 2.24) is 5.32 Å². The van der Waals surface area contributed by atoms with Crippen LogP contribution in [0.2, 0.25) is 10.0 Å². The van der Waals surface area contributed by atoms with Gasteiger partial charge in [0.2, 0.25) is 0 Å². The van der Waals surface area contributed by atoms with Crippen molar-refractivity contribution in [3.05, 3.63) is 99.5 Å². The SMILES string of the molecule is S=C(NCc1ccccc1Cl)c1cccc(OCc2ccc(Cl)cc2)c1. The second-order valence-corrected chi connectivity index (χ2v) is 6.97. The second kappa shape index (κ2) is 9.04. The zero-order valence-electron chi connectivity index (χ0n) is 13.9. The summed E-state index contributed by atoms with van der Waals surface area (Å²) in [5, 5.41) is 4.68. The number of ether oxygens (including phenoxy) is 1. The van der Waals surface area contributed by atoms with E-state index in [9.17, 15) is 0 Å². The fraction of sp³-hybridized carbons (Fsp3) is 0.0952. The number of hydrogen-bond donors (Lipinski definition) is 1. The fourth-order valence-electron chi connectivity index (χ4n) is 2.39. The maximum atomic E-state index is 6.18. The van der Waals surface area contributed by atoms with Crippen LogP contribution in [0, 0.1) is 0 Å². The third-order valence-electron chi connectivity index (χ3n) is 3.81. The summed E-state index contributed by atoms with van der Waals surface area (Å²) < 4.78 is 5.85. The standard InChI is InChI=1S/C21H17Cl2NOS/c22-18-10-8-15(9-11-18)14-25-19-6-3-5-16(12-19)21(26)24-13-17-4-1-2-7-20(17)23/h1-12H,13-14H2,(H,24,26). The lowest BCUT2D eigenvalue weighted by atomic mass is 10.2. The van der Waals surface area contributed by atoms with E-state index in [1.165, 1.54) is 0 Å². The third kappa shape index (κ3) is 5.21. The number of nitrogens with one attached hydrogen (secondary N) is 1. The van der Waals surface area contributed by atoms with Crippen LogP contribution in [0.1, 0.15) is 16.7 Å². The number of rotatable bonds is 6. The van der Waals surface area contributed by atoms with E-state index in [4.69, 9.17) is 40.2 Å². The number of halogens is 2. The molecule has 3 aromatic carbocycles. The van der Waals surface area contributed by atoms with Crippen LogP contribution < -0.4 is 10.1 Å². The molecule has 0 aromatic heterocycles. The lowest BCUT2D eigenvalue weighted by Gasteiger charge is -2.11. The van der Waals surface area contributed by atoms with E-state index < -0.39 is 0 Å². The molecule has 132 valence electrons. The van der Waals surface area contributed by atoms with Gasteiger partial charge in [-0.2, -0.15) is 0 Å². The molecule has 0 amide bonds. The first-order valence-electron chi connectivity index (χ1n) is 8.11. The minimum atomic E-state index is 0.473. The van der Waals surface area contributed by atoms with Gasteiger partial charge in [0, 0.05) is 22.2 Å². The summed E-state index contributed by atoms with van der Waals surface area (Å²) >= 11 is 17.6. The van der Waals surface area contributed by atoms with Crippen molar-refractivity contribution < 1.29 is 4.74 Å². The number of benzene rings is 3. The van der Waals surface area contributed by atoms with Crippen molar-refractivity contribution in [1.29, 1.82) is 0 Å². The molecule has 0 bridgehead atoms. The van der Waals surface area contributed by atoms with E-state index in [1.807, 2.05) is 72.8 Å². The molecule has 0 spiro atoms. The quantitative estimate of drug-likeness (QED) is 0.508. The first-order chi connectivity index (χ1) is 12.6. The maximum Gasteiger partial charge on any atom is 0.120 e. The summed E-state index contributed by atoms with van der Waals surface area (Å²) in [6.07, 6.45) is 0. The van der Waals surface area contributed by atoms with Gasteiger partial charge < -0.3 is 10.1 Å². The van der Waals surface area contributed by atoms with Gasteiger partial charge in [-0.15, -0.1) is 0 Å². The Balaban J connectivity index is 1.60. The molecule has 0 aliphatic rings. The summed E-state index contributed by atoms with van der Waals surface area (Å²) in [4.78, 5) is 0.655. The Bertz CT molecular complexity index is 897. The molecule has 0 atom stereocenters. The fourth-order valence-corrected chi connectivity index (χ4v) is 2.92. The number of hydrogen-bond acceptors (Lipinski definition) is 2. The highest BCUT2D eigenvalue weighted by molar-refractivity contribution is 7.80. The van der Waals surface area contributed by atoms with Gasteiger partial charge in [-0.05, 0) is 41.5 Å². The average molecular weight is 402 g/mol. The smallest absolute Gasteiger partial charge is 0.120 e. The Morgan fingerprint density at radius 3 is 2.46 bits per heavy atom. The van der Waals surface area contributed by atoms with Gasteiger partial charge in [-0.25, -0.2) is 0 Å². The Labute approximate surface area is 168 Å². The first kappa shape index (κ1) is 18.7. The van der Waals surface area contributed by atoms with E-state index in [0.717, 1.165) is 27.5 Å². The molecule has 0 saturated carbocycles. The molecule has 2 nitrogen and oxygen atoms in total. The first-order valence-corrected chi connectivity index (χ1v) is 9.27. The van der Waals surface area contributed by atoms with E-state index in [1.54, 1.807) is 0 Å². The second-order valence-electron chi connectivity index (χ2n) is 5.72. The molecule has 0 fully saturated rings. The summed E-state index contributed by atoms with van der Waals surface area (Å²) in [6.45, 7) is 1.05. The summed E-state index contributed by atoms with van der Waals surface area (Å²) in [7, 11) is 0. The average Bonchev–Trinajstić information content (AvgIpc) is 2.67. The van der Waals surface area contributed by atoms with Crippen LogP contribution in [0.4, 0.5) is 0 Å². The minimum Gasteiger partial charge on any atom is -0.489 e. The molecule has 0 saturated heterocycles. The van der Waals surface area contributed by atoms with Crippen LogP contribution in [0.25, 0.3) is 0 Å². The summed E-state index contributed by atoms with van der Waals surface area (Å²) in [6, 6.07) is 23.0. The molecule has 0 heterocycles. The zero-order valence-corrected chi connectivity index (χ0v) is 16.2. The highest BCUT2D eigenvalue weighted by Gasteiger charge is 2.05. The molecule has 26 heavy (non-hydrogen) atoms. The van der Waals surface area contributed by atoms with Crippen LogP contribution >= 0.6 is 35.4 Å². The van der Waals surface area contributed by atoms with Crippen molar-refractivity contribution in [2.75, 3.05) is 0 Å². The van der Waals surface area contributed by atoms with Crippen LogP contribution in [-0.2, 0) is 13.2 Å². The maximum absolute atomic E-state index is 6.18. The van der Waals surface area contributed by atoms with Crippen molar-refractivity contribution in [3.63, 3.8) is 0 Å². The Morgan fingerprint density at radius 1 is 0.923 bits per heavy atom. The molecule has 1 N–H and O–H groups in total. The van der Waals surface area contributed by atoms with Crippen LogP contribution in [-0.4, -0.2) is 4.99 Å². The van der Waals surface area contributed by atoms with Crippen LogP contribution in [0.5, 0.6) is 5.75 Å². The van der Waals surface area contributed by atoms with Crippen molar-refractivity contribution in [2.45, 2.75) is 13.2 Å². The number of thiocarbonyl (C=S) groups is 1. The van der Waals surface area contributed by atoms with Gasteiger partial charge in [-0.1, -0.05) is 77.9 Å². The van der Waals surface area contributed by atoms with Crippen LogP contribution in [0.3, 0.4) is 0 Å². The van der Waals surface area contributed by atoms with Gasteiger partial charge in [0.05, 0.1) is 0 Å². The third-order valence-corrected chi connectivity index (χ3v) is 4.81. The molecule has 0 aliphatic carbocycles. The van der Waals surface area contributed by atoms with E-state index >= 15 is 0 Å². The highest BCUT2D eigenvalue weighted by Crippen LogP contribution is 2.18. The molecule has 5 heteroatoms. The Hall–Kier alpha value is -2.07. The van der Waals surface area contributed by atoms with E-state index in [2.05, 4.69) is 5.32 Å². The molecule has 0 unspecified atom stereocenters. The predicted molar refractivity (Wildman–Crippen MR) is 112 cm³/mol. The molecular weight excluding hydrogens is 385 g/mol. The molecular formula is C21H17Cl2NOS. The van der Waals surface area contributed by atoms with Crippen molar-refractivity contribution in [2.24, 2.45) is 0 Å². The highest BCUT2D eigenvalue weighted by atomic mass is 35.5. The Kier molecular flexibility index (Phi) is 6.51. The lowest BCUT2D eigenvalue weighted by Crippen LogP contribution is -2.21. The topological polar surface area (TPSA) is 21.3 Å². The summed E-state index contributed by atoms with van der Waals surface area (Å²) in [5.74, 6) is 0.763. The molecule has 3 aromatic rings. The molecule has 0 aliphatic heterocycles. The predicted octanol–water partition coefficient (Wildman–Crippen LogP) is 6.04. The van der Waals surface area contributed by atoms with Gasteiger partial charge >= 0.3 is 0 Å². The van der Waals surface area contributed by atoms with Crippen molar-refractivity contribution >= 4 is 40.4 Å². The van der Waals surface area contributed by atoms with E-state index in [0.29, 0.717) is 23.2 Å². The minimum absolute atomic E-state index is 0.473. The van der Waals surface area contributed by atoms with Gasteiger partial charge in [0.15, 0.2) is 0 Å². The molecule has 0 radical (unpaired) electrons. The largest absolute Gasteiger partial charge is 0.489 e. The van der Waals surface area contributed by atoms with Gasteiger partial charge in [0.25, 0.3) is 0 Å². The van der Waals surface area contributed by atoms with Crippen molar-refractivity contribution in [3.8, 4) is 5.75 Å². The van der Waals surface area contributed by atoms with Crippen LogP contribution in [0.15, 0.2) is 72.8 Å². The zero-order chi connectivity index (χ0) is 18.4. The Morgan fingerprint density at radius 2 is 1.69 bits per heavy atom. The lowest BCUT2D eigenvalue weighted by molar-refractivity contribution is 0.306. The molecule has 3 rings (SSSR count). The summed E-state index contributed by atoms with van der Waals surface area (Å²) in [5.41, 5.74) is 2.96. The normalized spacial score (nSPS) is 10.4.